The largest absolute Gasteiger partial charge is 0.497 e. The van der Waals surface area contributed by atoms with Crippen molar-refractivity contribution in [1.29, 1.82) is 0 Å². The molecule has 0 aromatic heterocycles. The van der Waals surface area contributed by atoms with Crippen molar-refractivity contribution < 1.29 is 9.53 Å². The normalized spacial score (nSPS) is 16.7. The lowest BCUT2D eigenvalue weighted by Crippen LogP contribution is -2.51. The molecular weight excluding hydrogens is 288 g/mol. The van der Waals surface area contributed by atoms with Gasteiger partial charge in [-0.3, -0.25) is 4.79 Å². The number of methoxy groups -OCH3 is 1. The van der Waals surface area contributed by atoms with Crippen molar-refractivity contribution >= 4 is 18.3 Å². The minimum atomic E-state index is -0.206. The summed E-state index contributed by atoms with van der Waals surface area (Å²) in [5.74, 6) is 0.798. The molecule has 2 rings (SSSR count). The highest BCUT2D eigenvalue weighted by atomic mass is 35.5. The maximum absolute atomic E-state index is 12.0. The molecule has 1 saturated carbocycles. The third-order valence-corrected chi connectivity index (χ3v) is 3.99. The van der Waals surface area contributed by atoms with Gasteiger partial charge in [-0.2, -0.15) is 0 Å². The van der Waals surface area contributed by atoms with Crippen LogP contribution in [0.4, 0.5) is 0 Å². The molecule has 4 nitrogen and oxygen atoms in total. The predicted octanol–water partition coefficient (Wildman–Crippen LogP) is 2.44. The summed E-state index contributed by atoms with van der Waals surface area (Å²) in [7, 11) is 1.63. The first-order chi connectivity index (χ1) is 9.61. The Kier molecular flexibility index (Phi) is 6.99. The lowest BCUT2D eigenvalue weighted by Gasteiger charge is -2.33. The quantitative estimate of drug-likeness (QED) is 0.877. The van der Waals surface area contributed by atoms with Gasteiger partial charge in [-0.05, 0) is 30.5 Å². The van der Waals surface area contributed by atoms with Crippen molar-refractivity contribution in [2.75, 3.05) is 13.7 Å². The maximum atomic E-state index is 12.0. The fraction of sp³-hybridized carbons (Fsp3) is 0.562. The summed E-state index contributed by atoms with van der Waals surface area (Å²) in [4.78, 5) is 12.0. The van der Waals surface area contributed by atoms with Crippen LogP contribution in [0.3, 0.4) is 0 Å². The Morgan fingerprint density at radius 3 is 2.71 bits per heavy atom. The van der Waals surface area contributed by atoms with Gasteiger partial charge in [-0.25, -0.2) is 0 Å². The van der Waals surface area contributed by atoms with Gasteiger partial charge in [-0.1, -0.05) is 31.4 Å². The number of hydrogen-bond acceptors (Lipinski definition) is 3. The predicted molar refractivity (Wildman–Crippen MR) is 87.0 cm³/mol. The first kappa shape index (κ1) is 17.8. The van der Waals surface area contributed by atoms with Crippen LogP contribution in [-0.2, 0) is 11.2 Å². The van der Waals surface area contributed by atoms with E-state index in [1.54, 1.807) is 7.11 Å². The molecule has 0 aliphatic heterocycles. The van der Waals surface area contributed by atoms with E-state index in [0.29, 0.717) is 13.0 Å². The van der Waals surface area contributed by atoms with Crippen LogP contribution in [0.1, 0.15) is 37.7 Å². The van der Waals surface area contributed by atoms with Gasteiger partial charge >= 0.3 is 0 Å². The van der Waals surface area contributed by atoms with E-state index < -0.39 is 0 Å². The first-order valence-electron chi connectivity index (χ1n) is 7.30. The summed E-state index contributed by atoms with van der Waals surface area (Å²) < 4.78 is 5.16. The fourth-order valence-electron chi connectivity index (χ4n) is 2.74. The molecule has 1 aromatic carbocycles. The zero-order chi connectivity index (χ0) is 14.4. The van der Waals surface area contributed by atoms with E-state index in [-0.39, 0.29) is 23.9 Å². The van der Waals surface area contributed by atoms with Gasteiger partial charge in [0, 0.05) is 12.1 Å². The van der Waals surface area contributed by atoms with Gasteiger partial charge in [-0.15, -0.1) is 12.4 Å². The molecule has 21 heavy (non-hydrogen) atoms. The molecule has 0 heterocycles. The van der Waals surface area contributed by atoms with Crippen LogP contribution in [0, 0.1) is 0 Å². The number of nitrogens with two attached hydrogens (primary N) is 1. The molecule has 1 aliphatic rings. The number of carbonyl (C=O) groups is 1. The maximum Gasteiger partial charge on any atom is 0.224 e. The van der Waals surface area contributed by atoms with Crippen LogP contribution in [0.15, 0.2) is 24.3 Å². The van der Waals surface area contributed by atoms with Crippen molar-refractivity contribution in [3.63, 3.8) is 0 Å². The summed E-state index contributed by atoms with van der Waals surface area (Å²) in [5.41, 5.74) is 7.06. The number of rotatable bonds is 5. The minimum Gasteiger partial charge on any atom is -0.497 e. The average molecular weight is 313 g/mol. The molecule has 0 radical (unpaired) electrons. The Morgan fingerprint density at radius 1 is 1.33 bits per heavy atom. The number of hydrogen-bond donors (Lipinski definition) is 2. The van der Waals surface area contributed by atoms with Crippen LogP contribution >= 0.6 is 12.4 Å². The zero-order valence-electron chi connectivity index (χ0n) is 12.6. The number of benzene rings is 1. The van der Waals surface area contributed by atoms with Crippen LogP contribution in [-0.4, -0.2) is 25.1 Å². The molecule has 1 amide bonds. The van der Waals surface area contributed by atoms with Gasteiger partial charge in [0.05, 0.1) is 13.5 Å². The van der Waals surface area contributed by atoms with Crippen LogP contribution in [0.25, 0.3) is 0 Å². The van der Waals surface area contributed by atoms with Crippen molar-refractivity contribution in [1.82, 2.24) is 5.32 Å². The molecule has 118 valence electrons. The molecule has 1 fully saturated rings. The number of carbonyl (C=O) groups excluding carboxylic acids is 1. The molecule has 1 aromatic rings. The topological polar surface area (TPSA) is 64.3 Å². The van der Waals surface area contributed by atoms with Gasteiger partial charge in [0.1, 0.15) is 5.75 Å². The Bertz CT molecular complexity index is 459. The number of nitrogens with one attached hydrogen (secondary N) is 1. The third-order valence-electron chi connectivity index (χ3n) is 3.99. The summed E-state index contributed by atoms with van der Waals surface area (Å²) in [6.45, 7) is 0.579. The lowest BCUT2D eigenvalue weighted by atomic mass is 9.82. The minimum absolute atomic E-state index is 0. The second-order valence-corrected chi connectivity index (χ2v) is 5.73. The van der Waals surface area contributed by atoms with Crippen LogP contribution in [0.2, 0.25) is 0 Å². The Labute approximate surface area is 132 Å². The summed E-state index contributed by atoms with van der Waals surface area (Å²) in [6, 6.07) is 7.59. The molecule has 0 spiro atoms. The molecular formula is C16H25ClN2O2. The zero-order valence-corrected chi connectivity index (χ0v) is 13.4. The smallest absolute Gasteiger partial charge is 0.224 e. The molecule has 3 N–H and O–H groups in total. The highest BCUT2D eigenvalue weighted by molar-refractivity contribution is 5.85. The second-order valence-electron chi connectivity index (χ2n) is 5.73. The molecule has 0 bridgehead atoms. The van der Waals surface area contributed by atoms with Crippen molar-refractivity contribution in [2.45, 2.75) is 44.1 Å². The van der Waals surface area contributed by atoms with E-state index in [4.69, 9.17) is 10.5 Å². The van der Waals surface area contributed by atoms with Gasteiger partial charge < -0.3 is 15.8 Å². The third kappa shape index (κ3) is 5.56. The van der Waals surface area contributed by atoms with E-state index in [0.717, 1.165) is 24.2 Å². The number of ether oxygens (including phenoxy) is 1. The van der Waals surface area contributed by atoms with Crippen LogP contribution in [0.5, 0.6) is 5.75 Å². The van der Waals surface area contributed by atoms with E-state index in [1.807, 2.05) is 24.3 Å². The summed E-state index contributed by atoms with van der Waals surface area (Å²) >= 11 is 0. The fourth-order valence-corrected chi connectivity index (χ4v) is 2.74. The first-order valence-corrected chi connectivity index (χ1v) is 7.30. The van der Waals surface area contributed by atoms with Gasteiger partial charge in [0.15, 0.2) is 0 Å². The lowest BCUT2D eigenvalue weighted by molar-refractivity contribution is -0.120. The van der Waals surface area contributed by atoms with E-state index in [9.17, 15) is 4.79 Å². The average Bonchev–Trinajstić information content (AvgIpc) is 2.46. The van der Waals surface area contributed by atoms with E-state index in [2.05, 4.69) is 5.32 Å². The highest BCUT2D eigenvalue weighted by Crippen LogP contribution is 2.25. The second kappa shape index (κ2) is 8.25. The molecule has 5 heteroatoms. The molecule has 1 aliphatic carbocycles. The summed E-state index contributed by atoms with van der Waals surface area (Å²) in [6.07, 6.45) is 5.98. The van der Waals surface area contributed by atoms with Gasteiger partial charge in [0.25, 0.3) is 0 Å². The Hall–Kier alpha value is -1.26. The monoisotopic (exact) mass is 312 g/mol. The molecule has 0 atom stereocenters. The number of amides is 1. The molecule has 0 unspecified atom stereocenters. The van der Waals surface area contributed by atoms with Crippen LogP contribution < -0.4 is 15.8 Å². The molecule has 0 saturated heterocycles. The van der Waals surface area contributed by atoms with Gasteiger partial charge in [0.2, 0.25) is 5.91 Å². The van der Waals surface area contributed by atoms with Crippen molar-refractivity contribution in [2.24, 2.45) is 5.73 Å². The SMILES string of the molecule is COc1cccc(CC(=O)NCC2(N)CCCCC2)c1.Cl. The summed E-state index contributed by atoms with van der Waals surface area (Å²) in [5, 5.41) is 2.97. The standard InChI is InChI=1S/C16H24N2O2.ClH/c1-20-14-7-5-6-13(10-14)11-15(19)18-12-16(17)8-3-2-4-9-16;/h5-7,10H,2-4,8-9,11-12,17H2,1H3,(H,18,19);1H. The number of halogens is 1. The van der Waals surface area contributed by atoms with Crippen molar-refractivity contribution in [3.8, 4) is 5.75 Å². The highest BCUT2D eigenvalue weighted by Gasteiger charge is 2.27. The van der Waals surface area contributed by atoms with Crippen molar-refractivity contribution in [3.05, 3.63) is 29.8 Å². The Morgan fingerprint density at radius 2 is 2.05 bits per heavy atom. The van der Waals surface area contributed by atoms with E-state index >= 15 is 0 Å². The Balaban J connectivity index is 0.00000220. The van der Waals surface area contributed by atoms with E-state index in [1.165, 1.54) is 19.3 Å².